The van der Waals surface area contributed by atoms with E-state index < -0.39 is 0 Å². The van der Waals surface area contributed by atoms with Gasteiger partial charge in [0, 0.05) is 37.1 Å². The van der Waals surface area contributed by atoms with Gasteiger partial charge in [0.25, 0.3) is 0 Å². The number of nitrogens with zero attached hydrogens (tertiary/aromatic N) is 1. The summed E-state index contributed by atoms with van der Waals surface area (Å²) in [6.45, 7) is 4.69. The van der Waals surface area contributed by atoms with Gasteiger partial charge in [0.05, 0.1) is 11.0 Å². The summed E-state index contributed by atoms with van der Waals surface area (Å²) in [5.74, 6) is 0. The molecule has 1 aliphatic carbocycles. The summed E-state index contributed by atoms with van der Waals surface area (Å²) in [6, 6.07) is 35.1. The molecule has 0 atom stereocenters. The molecule has 0 unspecified atom stereocenters. The Kier molecular flexibility index (Phi) is 3.90. The summed E-state index contributed by atoms with van der Waals surface area (Å²) in [5.41, 5.74) is 10.8. The second-order valence-electron chi connectivity index (χ2n) is 10.3. The summed E-state index contributed by atoms with van der Waals surface area (Å²) < 4.78 is 9.63. The molecule has 0 saturated heterocycles. The van der Waals surface area contributed by atoms with Gasteiger partial charge in [-0.05, 0) is 70.8 Å². The lowest BCUT2D eigenvalue weighted by molar-refractivity contribution is 0.661. The van der Waals surface area contributed by atoms with Crippen LogP contribution in [0, 0.1) is 0 Å². The lowest BCUT2D eigenvalue weighted by Crippen LogP contribution is -2.14. The van der Waals surface area contributed by atoms with Crippen molar-refractivity contribution in [2.24, 2.45) is 0 Å². The van der Waals surface area contributed by atoms with Crippen LogP contribution < -0.4 is 0 Å². The fraction of sp³-hybridized carbons (Fsp3) is 0.0909. The third-order valence-corrected chi connectivity index (χ3v) is 8.72. The summed E-state index contributed by atoms with van der Waals surface area (Å²) in [6.07, 6.45) is 0. The zero-order valence-electron chi connectivity index (χ0n) is 20.0. The van der Waals surface area contributed by atoms with Crippen LogP contribution in [0.1, 0.15) is 25.0 Å². The van der Waals surface area contributed by atoms with Crippen molar-refractivity contribution in [3.05, 3.63) is 113 Å². The number of para-hydroxylation sites is 1. The highest BCUT2D eigenvalue weighted by atomic mass is 79.9. The normalized spacial score (nSPS) is 14.2. The third-order valence-electron chi connectivity index (χ3n) is 8.06. The van der Waals surface area contributed by atoms with Gasteiger partial charge in [-0.3, -0.25) is 0 Å². The Labute approximate surface area is 216 Å². The van der Waals surface area contributed by atoms with Gasteiger partial charge in [-0.25, -0.2) is 0 Å². The van der Waals surface area contributed by atoms with Crippen LogP contribution in [0.25, 0.3) is 60.6 Å². The predicted octanol–water partition coefficient (Wildman–Crippen LogP) is 9.75. The van der Waals surface area contributed by atoms with Crippen molar-refractivity contribution in [1.29, 1.82) is 0 Å². The van der Waals surface area contributed by atoms with E-state index in [9.17, 15) is 0 Å². The molecule has 2 aromatic heterocycles. The first-order valence-corrected chi connectivity index (χ1v) is 13.1. The Hall–Kier alpha value is -3.82. The Bertz CT molecular complexity index is 2040. The van der Waals surface area contributed by atoms with Gasteiger partial charge < -0.3 is 8.98 Å². The maximum Gasteiger partial charge on any atom is 0.136 e. The maximum absolute atomic E-state index is 6.16. The molecule has 172 valence electrons. The molecule has 0 spiro atoms. The Balaban J connectivity index is 1.49. The van der Waals surface area contributed by atoms with Gasteiger partial charge in [0.1, 0.15) is 11.2 Å². The lowest BCUT2D eigenvalue weighted by atomic mass is 9.82. The van der Waals surface area contributed by atoms with E-state index in [0.29, 0.717) is 0 Å². The van der Waals surface area contributed by atoms with Crippen molar-refractivity contribution in [2.75, 3.05) is 0 Å². The molecule has 5 aromatic carbocycles. The molecule has 0 bridgehead atoms. The van der Waals surface area contributed by atoms with E-state index in [-0.39, 0.29) is 5.41 Å². The molecule has 2 nitrogen and oxygen atoms in total. The van der Waals surface area contributed by atoms with Gasteiger partial charge in [-0.1, -0.05) is 78.3 Å². The average molecular weight is 528 g/mol. The van der Waals surface area contributed by atoms with Crippen LogP contribution in [0.5, 0.6) is 0 Å². The van der Waals surface area contributed by atoms with Crippen LogP contribution in [0.3, 0.4) is 0 Å². The predicted molar refractivity (Wildman–Crippen MR) is 153 cm³/mol. The van der Waals surface area contributed by atoms with Crippen molar-refractivity contribution in [2.45, 2.75) is 19.3 Å². The number of benzene rings is 5. The average Bonchev–Trinajstić information content (AvgIpc) is 3.50. The minimum atomic E-state index is -0.0447. The second kappa shape index (κ2) is 6.89. The fourth-order valence-electron chi connectivity index (χ4n) is 6.35. The molecule has 0 fully saturated rings. The number of furan rings is 1. The first-order chi connectivity index (χ1) is 17.5. The van der Waals surface area contributed by atoms with E-state index in [1.807, 2.05) is 12.1 Å². The van der Waals surface area contributed by atoms with E-state index >= 15 is 0 Å². The van der Waals surface area contributed by atoms with Gasteiger partial charge in [0.2, 0.25) is 0 Å². The number of rotatable bonds is 1. The number of hydrogen-bond donors (Lipinski definition) is 0. The van der Waals surface area contributed by atoms with Crippen LogP contribution in [-0.2, 0) is 5.41 Å². The first-order valence-electron chi connectivity index (χ1n) is 12.3. The molecule has 0 saturated carbocycles. The molecular formula is C33H22BrNO. The lowest BCUT2D eigenvalue weighted by Gasteiger charge is -2.21. The SMILES string of the molecule is CC1(C)c2ccccc2-c2cc3c4ccccc4n(-c4ccc5oc6cccc(Br)c6c5c4)c3cc21. The van der Waals surface area contributed by atoms with E-state index in [0.717, 1.165) is 32.1 Å². The van der Waals surface area contributed by atoms with Gasteiger partial charge in [0.15, 0.2) is 0 Å². The molecular weight excluding hydrogens is 506 g/mol. The zero-order chi connectivity index (χ0) is 24.2. The van der Waals surface area contributed by atoms with Crippen LogP contribution in [0.4, 0.5) is 0 Å². The number of halogens is 1. The molecule has 7 aromatic rings. The van der Waals surface area contributed by atoms with Crippen LogP contribution in [0.15, 0.2) is 106 Å². The monoisotopic (exact) mass is 527 g/mol. The third kappa shape index (κ3) is 2.51. The smallest absolute Gasteiger partial charge is 0.136 e. The molecule has 0 aliphatic heterocycles. The summed E-state index contributed by atoms with van der Waals surface area (Å²) in [5, 5.41) is 4.80. The second-order valence-corrected chi connectivity index (χ2v) is 11.2. The quantitative estimate of drug-likeness (QED) is 0.207. The largest absolute Gasteiger partial charge is 0.456 e. The molecule has 0 N–H and O–H groups in total. The molecule has 36 heavy (non-hydrogen) atoms. The molecule has 0 amide bonds. The molecule has 1 aliphatic rings. The number of fused-ring (bicyclic) bond motifs is 9. The highest BCUT2D eigenvalue weighted by Gasteiger charge is 2.36. The highest BCUT2D eigenvalue weighted by molar-refractivity contribution is 9.10. The molecule has 2 heterocycles. The van der Waals surface area contributed by atoms with E-state index in [1.165, 1.54) is 44.1 Å². The Morgan fingerprint density at radius 3 is 2.39 bits per heavy atom. The van der Waals surface area contributed by atoms with Crippen LogP contribution in [-0.4, -0.2) is 4.57 Å². The number of hydrogen-bond acceptors (Lipinski definition) is 1. The summed E-state index contributed by atoms with van der Waals surface area (Å²) in [4.78, 5) is 0. The minimum Gasteiger partial charge on any atom is -0.456 e. The highest BCUT2D eigenvalue weighted by Crippen LogP contribution is 2.51. The van der Waals surface area contributed by atoms with Crippen molar-refractivity contribution >= 4 is 59.7 Å². The molecule has 0 radical (unpaired) electrons. The first kappa shape index (κ1) is 20.4. The number of aromatic nitrogens is 1. The topological polar surface area (TPSA) is 18.1 Å². The van der Waals surface area contributed by atoms with E-state index in [1.54, 1.807) is 0 Å². The molecule has 3 heteroatoms. The minimum absolute atomic E-state index is 0.0447. The van der Waals surface area contributed by atoms with Gasteiger partial charge >= 0.3 is 0 Å². The van der Waals surface area contributed by atoms with Crippen molar-refractivity contribution in [3.8, 4) is 16.8 Å². The Morgan fingerprint density at radius 2 is 1.47 bits per heavy atom. The van der Waals surface area contributed by atoms with Crippen molar-refractivity contribution in [3.63, 3.8) is 0 Å². The van der Waals surface area contributed by atoms with Crippen molar-refractivity contribution < 1.29 is 4.42 Å². The Morgan fingerprint density at radius 1 is 0.639 bits per heavy atom. The maximum atomic E-state index is 6.16. The molecule has 8 rings (SSSR count). The zero-order valence-corrected chi connectivity index (χ0v) is 21.6. The van der Waals surface area contributed by atoms with Crippen LogP contribution >= 0.6 is 15.9 Å². The van der Waals surface area contributed by atoms with E-state index in [4.69, 9.17) is 4.42 Å². The van der Waals surface area contributed by atoms with Crippen molar-refractivity contribution in [1.82, 2.24) is 4.57 Å². The fourth-order valence-corrected chi connectivity index (χ4v) is 6.91. The van der Waals surface area contributed by atoms with Gasteiger partial charge in [-0.15, -0.1) is 0 Å². The summed E-state index contributed by atoms with van der Waals surface area (Å²) in [7, 11) is 0. The van der Waals surface area contributed by atoms with Crippen LogP contribution in [0.2, 0.25) is 0 Å². The summed E-state index contributed by atoms with van der Waals surface area (Å²) >= 11 is 3.74. The standard InChI is InChI=1S/C33H22BrNO/c1-33(2)25-10-5-3-8-20(25)22-17-23-21-9-4-6-12-28(21)35(29(23)18-26(22)33)19-14-15-30-24(16-19)32-27(34)11-7-13-31(32)36-30/h3-18H,1-2H3. The van der Waals surface area contributed by atoms with E-state index in [2.05, 4.69) is 119 Å². The van der Waals surface area contributed by atoms with Gasteiger partial charge in [-0.2, -0.15) is 0 Å².